The first-order valence-corrected chi connectivity index (χ1v) is 5.94. The molecular formula is C14H15ClN2O. The van der Waals surface area contributed by atoms with Crippen LogP contribution < -0.4 is 15.8 Å². The molecule has 3 nitrogen and oxygen atoms in total. The van der Waals surface area contributed by atoms with Crippen LogP contribution in [0.5, 0.6) is 5.75 Å². The minimum Gasteiger partial charge on any atom is -0.495 e. The summed E-state index contributed by atoms with van der Waals surface area (Å²) in [6.07, 6.45) is 0. The van der Waals surface area contributed by atoms with Gasteiger partial charge in [-0.15, -0.1) is 0 Å². The topological polar surface area (TPSA) is 47.3 Å². The van der Waals surface area contributed by atoms with Crippen molar-refractivity contribution in [3.8, 4) is 5.75 Å². The monoisotopic (exact) mass is 262 g/mol. The molecule has 0 saturated carbocycles. The van der Waals surface area contributed by atoms with Crippen molar-refractivity contribution in [2.24, 2.45) is 0 Å². The molecule has 2 aromatic carbocycles. The summed E-state index contributed by atoms with van der Waals surface area (Å²) < 4.78 is 5.11. The summed E-state index contributed by atoms with van der Waals surface area (Å²) in [5.41, 5.74) is 9.52. The van der Waals surface area contributed by atoms with Crippen molar-refractivity contribution in [1.29, 1.82) is 0 Å². The summed E-state index contributed by atoms with van der Waals surface area (Å²) in [4.78, 5) is 0. The van der Waals surface area contributed by atoms with Crippen molar-refractivity contribution in [3.63, 3.8) is 0 Å². The predicted molar refractivity (Wildman–Crippen MR) is 76.9 cm³/mol. The Labute approximate surface area is 112 Å². The number of anilines is 3. The van der Waals surface area contributed by atoms with Crippen LogP contribution in [0.1, 0.15) is 5.56 Å². The van der Waals surface area contributed by atoms with E-state index >= 15 is 0 Å². The Morgan fingerprint density at radius 3 is 2.56 bits per heavy atom. The molecule has 94 valence electrons. The van der Waals surface area contributed by atoms with Gasteiger partial charge in [-0.3, -0.25) is 0 Å². The lowest BCUT2D eigenvalue weighted by atomic mass is 10.2. The number of hydrogen-bond donors (Lipinski definition) is 2. The van der Waals surface area contributed by atoms with Crippen molar-refractivity contribution < 1.29 is 4.74 Å². The number of halogens is 1. The molecule has 0 heterocycles. The van der Waals surface area contributed by atoms with Gasteiger partial charge in [-0.2, -0.15) is 0 Å². The molecule has 0 atom stereocenters. The molecular weight excluding hydrogens is 248 g/mol. The molecule has 3 N–H and O–H groups in total. The second kappa shape index (κ2) is 5.19. The molecule has 0 spiro atoms. The lowest BCUT2D eigenvalue weighted by Crippen LogP contribution is -1.97. The van der Waals surface area contributed by atoms with Crippen LogP contribution in [0.25, 0.3) is 0 Å². The highest BCUT2D eigenvalue weighted by Gasteiger charge is 2.04. The van der Waals surface area contributed by atoms with Gasteiger partial charge in [0.15, 0.2) is 0 Å². The molecule has 0 radical (unpaired) electrons. The van der Waals surface area contributed by atoms with E-state index in [1.54, 1.807) is 13.2 Å². The number of hydrogen-bond acceptors (Lipinski definition) is 3. The van der Waals surface area contributed by atoms with E-state index in [9.17, 15) is 0 Å². The smallest absolute Gasteiger partial charge is 0.137 e. The van der Waals surface area contributed by atoms with Gasteiger partial charge >= 0.3 is 0 Å². The van der Waals surface area contributed by atoms with Crippen LogP contribution in [-0.4, -0.2) is 7.11 Å². The average molecular weight is 263 g/mol. The maximum Gasteiger partial charge on any atom is 0.137 e. The highest BCUT2D eigenvalue weighted by molar-refractivity contribution is 6.32. The summed E-state index contributed by atoms with van der Waals surface area (Å²) >= 11 is 6.06. The van der Waals surface area contributed by atoms with Gasteiger partial charge in [-0.05, 0) is 42.8 Å². The molecule has 18 heavy (non-hydrogen) atoms. The van der Waals surface area contributed by atoms with Crippen LogP contribution in [0.4, 0.5) is 17.1 Å². The fraction of sp³-hybridized carbons (Fsp3) is 0.143. The van der Waals surface area contributed by atoms with Gasteiger partial charge in [-0.1, -0.05) is 17.7 Å². The van der Waals surface area contributed by atoms with E-state index < -0.39 is 0 Å². The second-order valence-corrected chi connectivity index (χ2v) is 4.47. The van der Waals surface area contributed by atoms with E-state index in [4.69, 9.17) is 22.1 Å². The van der Waals surface area contributed by atoms with Crippen LogP contribution in [0.2, 0.25) is 5.02 Å². The van der Waals surface area contributed by atoms with Crippen LogP contribution in [-0.2, 0) is 0 Å². The van der Waals surface area contributed by atoms with Gasteiger partial charge in [0.2, 0.25) is 0 Å². The number of rotatable bonds is 3. The fourth-order valence-electron chi connectivity index (χ4n) is 1.70. The highest BCUT2D eigenvalue weighted by atomic mass is 35.5. The Kier molecular flexibility index (Phi) is 3.63. The second-order valence-electron chi connectivity index (χ2n) is 4.07. The maximum absolute atomic E-state index is 6.06. The van der Waals surface area contributed by atoms with Crippen LogP contribution in [0.3, 0.4) is 0 Å². The summed E-state index contributed by atoms with van der Waals surface area (Å²) in [6, 6.07) is 11.4. The first-order valence-electron chi connectivity index (χ1n) is 5.57. The third kappa shape index (κ3) is 2.68. The number of benzene rings is 2. The van der Waals surface area contributed by atoms with E-state index in [1.807, 2.05) is 37.3 Å². The highest BCUT2D eigenvalue weighted by Crippen LogP contribution is 2.30. The van der Waals surface area contributed by atoms with Crippen molar-refractivity contribution in [1.82, 2.24) is 0 Å². The molecule has 0 aliphatic carbocycles. The quantitative estimate of drug-likeness (QED) is 0.823. The SMILES string of the molecule is COc1ccc(Nc2ccc(C)cc2N)cc1Cl. The Morgan fingerprint density at radius 1 is 1.17 bits per heavy atom. The standard InChI is InChI=1S/C14H15ClN2O/c1-9-3-5-13(12(16)7-9)17-10-4-6-14(18-2)11(15)8-10/h3-8,17H,16H2,1-2H3. The van der Waals surface area contributed by atoms with Gasteiger partial charge in [-0.25, -0.2) is 0 Å². The molecule has 2 rings (SSSR count). The normalized spacial score (nSPS) is 10.2. The zero-order valence-corrected chi connectivity index (χ0v) is 11.1. The number of ether oxygens (including phenoxy) is 1. The minimum absolute atomic E-state index is 0.563. The van der Waals surface area contributed by atoms with Crippen molar-refractivity contribution >= 4 is 28.7 Å². The first-order chi connectivity index (χ1) is 8.60. The van der Waals surface area contributed by atoms with Crippen LogP contribution in [0, 0.1) is 6.92 Å². The molecule has 0 unspecified atom stereocenters. The van der Waals surface area contributed by atoms with E-state index in [0.29, 0.717) is 16.5 Å². The maximum atomic E-state index is 6.06. The van der Waals surface area contributed by atoms with E-state index in [2.05, 4.69) is 5.32 Å². The molecule has 4 heteroatoms. The molecule has 0 aromatic heterocycles. The van der Waals surface area contributed by atoms with Gasteiger partial charge in [0, 0.05) is 5.69 Å². The minimum atomic E-state index is 0.563. The molecule has 0 fully saturated rings. The molecule has 0 amide bonds. The molecule has 2 aromatic rings. The number of methoxy groups -OCH3 is 1. The number of nitrogen functional groups attached to an aromatic ring is 1. The van der Waals surface area contributed by atoms with Crippen molar-refractivity contribution in [3.05, 3.63) is 47.0 Å². The van der Waals surface area contributed by atoms with Gasteiger partial charge < -0.3 is 15.8 Å². The lowest BCUT2D eigenvalue weighted by Gasteiger charge is -2.11. The zero-order chi connectivity index (χ0) is 13.1. The average Bonchev–Trinajstić information content (AvgIpc) is 2.33. The zero-order valence-electron chi connectivity index (χ0n) is 10.3. The molecule has 0 aliphatic rings. The number of nitrogens with one attached hydrogen (secondary N) is 1. The van der Waals surface area contributed by atoms with Crippen molar-refractivity contribution in [2.75, 3.05) is 18.2 Å². The largest absolute Gasteiger partial charge is 0.495 e. The van der Waals surface area contributed by atoms with E-state index in [-0.39, 0.29) is 0 Å². The van der Waals surface area contributed by atoms with E-state index in [1.165, 1.54) is 0 Å². The first kappa shape index (κ1) is 12.6. The molecule has 0 saturated heterocycles. The van der Waals surface area contributed by atoms with Gasteiger partial charge in [0.05, 0.1) is 23.5 Å². The summed E-state index contributed by atoms with van der Waals surface area (Å²) in [6.45, 7) is 2.00. The third-order valence-corrected chi connectivity index (χ3v) is 2.93. The predicted octanol–water partition coefficient (Wildman–Crippen LogP) is 3.98. The third-order valence-electron chi connectivity index (χ3n) is 2.64. The number of nitrogens with two attached hydrogens (primary N) is 1. The summed E-state index contributed by atoms with van der Waals surface area (Å²) in [5.74, 6) is 0.652. The summed E-state index contributed by atoms with van der Waals surface area (Å²) in [7, 11) is 1.59. The Balaban J connectivity index is 2.26. The van der Waals surface area contributed by atoms with Gasteiger partial charge in [0.1, 0.15) is 5.75 Å². The van der Waals surface area contributed by atoms with Crippen molar-refractivity contribution in [2.45, 2.75) is 6.92 Å². The van der Waals surface area contributed by atoms with Crippen LogP contribution >= 0.6 is 11.6 Å². The summed E-state index contributed by atoms with van der Waals surface area (Å²) in [5, 5.41) is 3.79. The fourth-order valence-corrected chi connectivity index (χ4v) is 1.95. The Morgan fingerprint density at radius 2 is 1.94 bits per heavy atom. The van der Waals surface area contributed by atoms with E-state index in [0.717, 1.165) is 16.9 Å². The Bertz CT molecular complexity index is 570. The lowest BCUT2D eigenvalue weighted by molar-refractivity contribution is 0.415. The van der Waals surface area contributed by atoms with Crippen LogP contribution in [0.15, 0.2) is 36.4 Å². The Hall–Kier alpha value is -1.87. The number of aryl methyl sites for hydroxylation is 1. The van der Waals surface area contributed by atoms with Gasteiger partial charge in [0.25, 0.3) is 0 Å². The molecule has 0 bridgehead atoms. The molecule has 0 aliphatic heterocycles.